The fourth-order valence-electron chi connectivity index (χ4n) is 4.27. The second kappa shape index (κ2) is 9.60. The summed E-state index contributed by atoms with van der Waals surface area (Å²) in [4.78, 5) is 9.87. The van der Waals surface area contributed by atoms with Gasteiger partial charge in [0.05, 0.1) is 31.9 Å². The quantitative estimate of drug-likeness (QED) is 0.425. The van der Waals surface area contributed by atoms with E-state index < -0.39 is 15.8 Å². The monoisotopic (exact) mass is 531 g/mol. The topological polar surface area (TPSA) is 86.3 Å². The Morgan fingerprint density at radius 2 is 1.85 bits per heavy atom. The second-order valence-electron chi connectivity index (χ2n) is 8.42. The highest BCUT2D eigenvalue weighted by Crippen LogP contribution is 2.42. The average Bonchev–Trinajstić information content (AvgIpc) is 3.22. The number of halogens is 4. The van der Waals surface area contributed by atoms with E-state index in [0.29, 0.717) is 34.0 Å². The molecule has 1 saturated heterocycles. The summed E-state index contributed by atoms with van der Waals surface area (Å²) in [5.74, 6) is -2.49. The van der Waals surface area contributed by atoms with Crippen molar-refractivity contribution >= 4 is 49.8 Å². The Labute approximate surface area is 206 Å². The van der Waals surface area contributed by atoms with Crippen molar-refractivity contribution in [3.8, 4) is 0 Å². The Kier molecular flexibility index (Phi) is 7.11. The van der Waals surface area contributed by atoms with Gasteiger partial charge in [0, 0.05) is 38.5 Å². The standard InChI is InChI=1S/C23H25Cl2F2N3O3S/c1-2-34(32,33)15-5-3-14(4-6-15)16(7-12-31)22-28-18-13-17(24)21(19(25)20(18)29-22)30-10-8-23(26,27)9-11-30/h3-6,13,16,31H,2,7-12H2,1H3,(H,28,29). The number of hydrogen-bond acceptors (Lipinski definition) is 5. The summed E-state index contributed by atoms with van der Waals surface area (Å²) in [5.41, 5.74) is 2.31. The van der Waals surface area contributed by atoms with E-state index in [0.717, 1.165) is 5.56 Å². The van der Waals surface area contributed by atoms with E-state index in [1.807, 2.05) is 0 Å². The summed E-state index contributed by atoms with van der Waals surface area (Å²) in [6.45, 7) is 1.74. The molecule has 3 aromatic rings. The first kappa shape index (κ1) is 25.2. The number of hydrogen-bond donors (Lipinski definition) is 2. The summed E-state index contributed by atoms with van der Waals surface area (Å²) in [5, 5.41) is 10.3. The van der Waals surface area contributed by atoms with Crippen LogP contribution in [0.15, 0.2) is 35.2 Å². The lowest BCUT2D eigenvalue weighted by atomic mass is 9.95. The maximum atomic E-state index is 13.6. The molecule has 1 aromatic heterocycles. The molecule has 2 N–H and O–H groups in total. The number of rotatable bonds is 7. The minimum Gasteiger partial charge on any atom is -0.396 e. The fraction of sp³-hybridized carbons (Fsp3) is 0.435. The molecule has 34 heavy (non-hydrogen) atoms. The smallest absolute Gasteiger partial charge is 0.251 e. The van der Waals surface area contributed by atoms with Crippen LogP contribution in [0.4, 0.5) is 14.5 Å². The second-order valence-corrected chi connectivity index (χ2v) is 11.5. The zero-order valence-corrected chi connectivity index (χ0v) is 20.8. The van der Waals surface area contributed by atoms with Crippen molar-refractivity contribution in [3.05, 3.63) is 51.8 Å². The lowest BCUT2D eigenvalue weighted by Crippen LogP contribution is -2.39. The zero-order chi connectivity index (χ0) is 24.7. The van der Waals surface area contributed by atoms with Gasteiger partial charge in [0.1, 0.15) is 11.3 Å². The van der Waals surface area contributed by atoms with Gasteiger partial charge < -0.3 is 15.0 Å². The third-order valence-electron chi connectivity index (χ3n) is 6.24. The minimum atomic E-state index is -3.33. The maximum Gasteiger partial charge on any atom is 0.251 e. The summed E-state index contributed by atoms with van der Waals surface area (Å²) >= 11 is 13.2. The van der Waals surface area contributed by atoms with E-state index in [-0.39, 0.29) is 54.1 Å². The molecule has 1 atom stereocenters. The van der Waals surface area contributed by atoms with Crippen LogP contribution in [0.3, 0.4) is 0 Å². The van der Waals surface area contributed by atoms with Crippen molar-refractivity contribution in [1.82, 2.24) is 9.97 Å². The van der Waals surface area contributed by atoms with Crippen LogP contribution in [-0.2, 0) is 9.84 Å². The van der Waals surface area contributed by atoms with Crippen LogP contribution < -0.4 is 4.90 Å². The number of nitrogens with zero attached hydrogens (tertiary/aromatic N) is 2. The number of aromatic amines is 1. The highest BCUT2D eigenvalue weighted by Gasteiger charge is 2.35. The van der Waals surface area contributed by atoms with Crippen molar-refractivity contribution in [2.75, 3.05) is 30.3 Å². The molecule has 0 amide bonds. The van der Waals surface area contributed by atoms with Gasteiger partial charge in [-0.2, -0.15) is 0 Å². The molecule has 0 aliphatic carbocycles. The summed E-state index contributed by atoms with van der Waals surface area (Å²) in [6, 6.07) is 8.20. The third-order valence-corrected chi connectivity index (χ3v) is 8.64. The number of piperidine rings is 1. The number of alkyl halides is 2. The first-order valence-electron chi connectivity index (χ1n) is 11.0. The van der Waals surface area contributed by atoms with Crippen LogP contribution in [0.25, 0.3) is 11.0 Å². The molecule has 11 heteroatoms. The minimum absolute atomic E-state index is 0.00619. The molecule has 0 bridgehead atoms. The molecule has 2 aromatic carbocycles. The van der Waals surface area contributed by atoms with E-state index in [4.69, 9.17) is 23.2 Å². The Hall–Kier alpha value is -1.94. The van der Waals surface area contributed by atoms with Gasteiger partial charge in [0.15, 0.2) is 9.84 Å². The van der Waals surface area contributed by atoms with Crippen LogP contribution in [-0.4, -0.2) is 54.9 Å². The predicted octanol–water partition coefficient (Wildman–Crippen LogP) is 5.41. The Balaban J connectivity index is 1.71. The number of aliphatic hydroxyl groups is 1. The van der Waals surface area contributed by atoms with E-state index in [1.54, 1.807) is 42.2 Å². The highest BCUT2D eigenvalue weighted by molar-refractivity contribution is 7.91. The number of imidazole rings is 1. The summed E-state index contributed by atoms with van der Waals surface area (Å²) in [6.07, 6.45) is -0.198. The zero-order valence-electron chi connectivity index (χ0n) is 18.5. The Morgan fingerprint density at radius 1 is 1.21 bits per heavy atom. The first-order chi connectivity index (χ1) is 16.1. The number of benzene rings is 2. The number of fused-ring (bicyclic) bond motifs is 1. The summed E-state index contributed by atoms with van der Waals surface area (Å²) in [7, 11) is -3.33. The normalized spacial score (nSPS) is 17.3. The van der Waals surface area contributed by atoms with Gasteiger partial charge >= 0.3 is 0 Å². The largest absolute Gasteiger partial charge is 0.396 e. The molecule has 1 fully saturated rings. The molecule has 1 aliphatic heterocycles. The van der Waals surface area contributed by atoms with E-state index in [2.05, 4.69) is 9.97 Å². The maximum absolute atomic E-state index is 13.6. The average molecular weight is 532 g/mol. The molecule has 0 spiro atoms. The van der Waals surface area contributed by atoms with Crippen molar-refractivity contribution in [2.45, 2.75) is 42.9 Å². The van der Waals surface area contributed by atoms with Gasteiger partial charge in [-0.3, -0.25) is 0 Å². The molecule has 0 saturated carbocycles. The van der Waals surface area contributed by atoms with Crippen LogP contribution in [0, 0.1) is 0 Å². The Bertz CT molecular complexity index is 1290. The number of sulfone groups is 1. The van der Waals surface area contributed by atoms with Gasteiger partial charge in [-0.25, -0.2) is 22.2 Å². The van der Waals surface area contributed by atoms with E-state index >= 15 is 0 Å². The molecule has 2 heterocycles. The van der Waals surface area contributed by atoms with Crippen LogP contribution in [0.2, 0.25) is 10.0 Å². The number of aliphatic hydroxyl groups excluding tert-OH is 1. The van der Waals surface area contributed by atoms with Crippen LogP contribution in [0.1, 0.15) is 43.5 Å². The highest BCUT2D eigenvalue weighted by atomic mass is 35.5. The fourth-order valence-corrected chi connectivity index (χ4v) is 5.89. The molecular weight excluding hydrogens is 507 g/mol. The molecule has 6 nitrogen and oxygen atoms in total. The molecule has 1 aliphatic rings. The summed E-state index contributed by atoms with van der Waals surface area (Å²) < 4.78 is 51.5. The van der Waals surface area contributed by atoms with Gasteiger partial charge in [0.25, 0.3) is 5.92 Å². The lowest BCUT2D eigenvalue weighted by Gasteiger charge is -2.34. The van der Waals surface area contributed by atoms with Crippen molar-refractivity contribution in [1.29, 1.82) is 0 Å². The molecular formula is C23H25Cl2F2N3O3S. The van der Waals surface area contributed by atoms with E-state index in [1.165, 1.54) is 0 Å². The number of nitrogens with one attached hydrogen (secondary N) is 1. The van der Waals surface area contributed by atoms with E-state index in [9.17, 15) is 22.3 Å². The van der Waals surface area contributed by atoms with Crippen LogP contribution in [0.5, 0.6) is 0 Å². The first-order valence-corrected chi connectivity index (χ1v) is 13.4. The third kappa shape index (κ3) is 4.89. The van der Waals surface area contributed by atoms with Crippen molar-refractivity contribution < 1.29 is 22.3 Å². The SMILES string of the molecule is CCS(=O)(=O)c1ccc(C(CCO)c2nc3c(Cl)c(N4CCC(F)(F)CC4)c(Cl)cc3[nH]2)cc1. The number of anilines is 1. The van der Waals surface area contributed by atoms with Crippen LogP contribution >= 0.6 is 23.2 Å². The lowest BCUT2D eigenvalue weighted by molar-refractivity contribution is -0.0220. The van der Waals surface area contributed by atoms with Gasteiger partial charge in [0.2, 0.25) is 0 Å². The number of H-pyrrole nitrogens is 1. The molecule has 4 rings (SSSR count). The predicted molar refractivity (Wildman–Crippen MR) is 130 cm³/mol. The van der Waals surface area contributed by atoms with Crippen molar-refractivity contribution in [2.24, 2.45) is 0 Å². The number of aromatic nitrogens is 2. The van der Waals surface area contributed by atoms with Crippen molar-refractivity contribution in [3.63, 3.8) is 0 Å². The molecule has 0 radical (unpaired) electrons. The van der Waals surface area contributed by atoms with Gasteiger partial charge in [-0.15, -0.1) is 0 Å². The Morgan fingerprint density at radius 3 is 2.44 bits per heavy atom. The van der Waals surface area contributed by atoms with Gasteiger partial charge in [-0.05, 0) is 30.2 Å². The van der Waals surface area contributed by atoms with Gasteiger partial charge in [-0.1, -0.05) is 42.3 Å². The molecule has 1 unspecified atom stereocenters. The molecule has 184 valence electrons.